The average Bonchev–Trinajstić information content (AvgIpc) is 2.63. The number of hydrogen-bond donors (Lipinski definition) is 1. The quantitative estimate of drug-likeness (QED) is 0.666. The summed E-state index contributed by atoms with van der Waals surface area (Å²) in [5.41, 5.74) is 2.21. The second-order valence-electron chi connectivity index (χ2n) is 8.45. The Bertz CT molecular complexity index is 811. The molecule has 1 amide bonds. The van der Waals surface area contributed by atoms with Gasteiger partial charge in [0.2, 0.25) is 0 Å². The molecular weight excluding hydrogens is 385 g/mol. The van der Waals surface area contributed by atoms with E-state index >= 15 is 0 Å². The predicted molar refractivity (Wildman–Crippen MR) is 114 cm³/mol. The molecule has 0 aliphatic carbocycles. The fraction of sp³-hybridized carbons (Fsp3) is 0.417. The predicted octanol–water partition coefficient (Wildman–Crippen LogP) is 5.11. The Morgan fingerprint density at radius 2 is 1.43 bits per heavy atom. The van der Waals surface area contributed by atoms with Crippen LogP contribution in [-0.2, 0) is 14.3 Å². The van der Waals surface area contributed by atoms with Crippen molar-refractivity contribution >= 4 is 12.1 Å². The lowest BCUT2D eigenvalue weighted by Gasteiger charge is -2.27. The highest BCUT2D eigenvalue weighted by Crippen LogP contribution is 2.30. The third-order valence-electron chi connectivity index (χ3n) is 4.52. The van der Waals surface area contributed by atoms with Crippen LogP contribution in [0.15, 0.2) is 48.5 Å². The lowest BCUT2D eigenvalue weighted by atomic mass is 9.87. The molecular formula is C24H30FNO4. The van der Waals surface area contributed by atoms with Crippen molar-refractivity contribution in [3.63, 3.8) is 0 Å². The van der Waals surface area contributed by atoms with E-state index in [4.69, 9.17) is 9.47 Å². The van der Waals surface area contributed by atoms with Gasteiger partial charge in [0.05, 0.1) is 0 Å². The first kappa shape index (κ1) is 23.4. The van der Waals surface area contributed by atoms with Crippen molar-refractivity contribution in [1.82, 2.24) is 5.32 Å². The van der Waals surface area contributed by atoms with E-state index in [2.05, 4.69) is 5.32 Å². The normalized spacial score (nSPS) is 14.4. The van der Waals surface area contributed by atoms with Crippen molar-refractivity contribution in [2.75, 3.05) is 0 Å². The molecule has 2 aromatic rings. The summed E-state index contributed by atoms with van der Waals surface area (Å²) in [6.45, 7) is 10.5. The van der Waals surface area contributed by atoms with Crippen LogP contribution >= 0.6 is 0 Å². The van der Waals surface area contributed by atoms with Gasteiger partial charge in [0.15, 0.2) is 0 Å². The molecule has 0 aliphatic heterocycles. The molecule has 0 bridgehead atoms. The zero-order chi connectivity index (χ0) is 22.5. The summed E-state index contributed by atoms with van der Waals surface area (Å²) in [4.78, 5) is 24.5. The Morgan fingerprint density at radius 3 is 1.93 bits per heavy atom. The van der Waals surface area contributed by atoms with Crippen molar-refractivity contribution in [1.29, 1.82) is 0 Å². The lowest BCUT2D eigenvalue weighted by molar-refractivity contribution is -0.150. The van der Waals surface area contributed by atoms with Gasteiger partial charge in [-0.25, -0.2) is 14.0 Å². The molecule has 0 spiro atoms. The van der Waals surface area contributed by atoms with E-state index in [-0.39, 0.29) is 11.7 Å². The van der Waals surface area contributed by atoms with E-state index in [1.807, 2.05) is 31.2 Å². The molecule has 0 heterocycles. The molecule has 5 nitrogen and oxygen atoms in total. The fourth-order valence-electron chi connectivity index (χ4n) is 3.07. The van der Waals surface area contributed by atoms with E-state index < -0.39 is 29.8 Å². The summed E-state index contributed by atoms with van der Waals surface area (Å²) in [5.74, 6) is -1.20. The molecule has 0 fully saturated rings. The summed E-state index contributed by atoms with van der Waals surface area (Å²) < 4.78 is 24.3. The van der Waals surface area contributed by atoms with Crippen LogP contribution in [0.5, 0.6) is 0 Å². The van der Waals surface area contributed by atoms with Gasteiger partial charge in [-0.05, 0) is 64.8 Å². The van der Waals surface area contributed by atoms with Gasteiger partial charge in [-0.3, -0.25) is 0 Å². The van der Waals surface area contributed by atoms with Gasteiger partial charge in [-0.1, -0.05) is 42.0 Å². The molecule has 0 saturated heterocycles. The van der Waals surface area contributed by atoms with Crippen molar-refractivity contribution in [2.24, 2.45) is 0 Å². The van der Waals surface area contributed by atoms with E-state index in [9.17, 15) is 14.0 Å². The Kier molecular flexibility index (Phi) is 7.59. The van der Waals surface area contributed by atoms with Gasteiger partial charge in [-0.15, -0.1) is 0 Å². The average molecular weight is 416 g/mol. The van der Waals surface area contributed by atoms with Crippen molar-refractivity contribution < 1.29 is 23.5 Å². The SMILES string of the molecule is Cc1ccc([C@@H](c2ccc(F)cc2)[C@H](C)OC(=O)[C@H](C)NC(=O)OC(C)(C)C)cc1. The number of esters is 1. The first-order valence-electron chi connectivity index (χ1n) is 9.98. The van der Waals surface area contributed by atoms with Gasteiger partial charge in [0.1, 0.15) is 23.6 Å². The van der Waals surface area contributed by atoms with Crippen LogP contribution in [0.25, 0.3) is 0 Å². The first-order valence-corrected chi connectivity index (χ1v) is 9.98. The third kappa shape index (κ3) is 6.87. The maximum absolute atomic E-state index is 13.4. The van der Waals surface area contributed by atoms with Gasteiger partial charge in [0, 0.05) is 5.92 Å². The molecule has 0 radical (unpaired) electrons. The van der Waals surface area contributed by atoms with Gasteiger partial charge in [0.25, 0.3) is 0 Å². The highest BCUT2D eigenvalue weighted by atomic mass is 19.1. The summed E-state index contributed by atoms with van der Waals surface area (Å²) in [6, 6.07) is 13.2. The van der Waals surface area contributed by atoms with Crippen molar-refractivity contribution in [3.05, 3.63) is 71.0 Å². The number of carbonyl (C=O) groups excluding carboxylic acids is 2. The Hall–Kier alpha value is -2.89. The summed E-state index contributed by atoms with van der Waals surface area (Å²) >= 11 is 0. The van der Waals surface area contributed by atoms with E-state index in [1.165, 1.54) is 19.1 Å². The Labute approximate surface area is 177 Å². The van der Waals surface area contributed by atoms with Crippen LogP contribution in [0.2, 0.25) is 0 Å². The van der Waals surface area contributed by atoms with Crippen LogP contribution in [-0.4, -0.2) is 29.8 Å². The highest BCUT2D eigenvalue weighted by molar-refractivity contribution is 5.81. The second kappa shape index (κ2) is 9.74. The third-order valence-corrected chi connectivity index (χ3v) is 4.52. The minimum Gasteiger partial charge on any atom is -0.460 e. The molecule has 3 atom stereocenters. The number of halogens is 1. The van der Waals surface area contributed by atoms with Crippen LogP contribution < -0.4 is 5.32 Å². The molecule has 0 aromatic heterocycles. The van der Waals surface area contributed by atoms with Crippen LogP contribution in [0, 0.1) is 12.7 Å². The molecule has 2 aromatic carbocycles. The Balaban J connectivity index is 2.16. The smallest absolute Gasteiger partial charge is 0.408 e. The van der Waals surface area contributed by atoms with E-state index in [0.717, 1.165) is 16.7 Å². The first-order chi connectivity index (χ1) is 14.0. The zero-order valence-electron chi connectivity index (χ0n) is 18.4. The van der Waals surface area contributed by atoms with E-state index in [1.54, 1.807) is 39.8 Å². The maximum Gasteiger partial charge on any atom is 0.408 e. The number of aryl methyl sites for hydroxylation is 1. The molecule has 162 valence electrons. The van der Waals surface area contributed by atoms with Crippen LogP contribution in [0.4, 0.5) is 9.18 Å². The summed E-state index contributed by atoms with van der Waals surface area (Å²) in [6.07, 6.45) is -1.23. The standard InChI is InChI=1S/C24H30FNO4/c1-15-7-9-18(10-8-15)21(19-11-13-20(25)14-12-19)17(3)29-22(27)16(2)26-23(28)30-24(4,5)6/h7-14,16-17,21H,1-6H3,(H,26,28)/t16-,17-,21-/m0/s1. The van der Waals surface area contributed by atoms with Crippen LogP contribution in [0.1, 0.15) is 57.2 Å². The largest absolute Gasteiger partial charge is 0.460 e. The minimum absolute atomic E-state index is 0.288. The number of nitrogens with one attached hydrogen (secondary N) is 1. The van der Waals surface area contributed by atoms with Crippen molar-refractivity contribution in [2.45, 2.75) is 65.2 Å². The molecule has 6 heteroatoms. The number of amides is 1. The number of rotatable bonds is 6. The van der Waals surface area contributed by atoms with Crippen LogP contribution in [0.3, 0.4) is 0 Å². The van der Waals surface area contributed by atoms with Gasteiger partial charge < -0.3 is 14.8 Å². The fourth-order valence-corrected chi connectivity index (χ4v) is 3.07. The van der Waals surface area contributed by atoms with Gasteiger partial charge in [-0.2, -0.15) is 0 Å². The van der Waals surface area contributed by atoms with E-state index in [0.29, 0.717) is 0 Å². The number of hydrogen-bond acceptors (Lipinski definition) is 4. The molecule has 0 saturated carbocycles. The van der Waals surface area contributed by atoms with Crippen molar-refractivity contribution in [3.8, 4) is 0 Å². The minimum atomic E-state index is -0.880. The summed E-state index contributed by atoms with van der Waals surface area (Å²) in [7, 11) is 0. The lowest BCUT2D eigenvalue weighted by Crippen LogP contribution is -2.43. The molecule has 1 N–H and O–H groups in total. The number of ether oxygens (including phenoxy) is 2. The molecule has 0 aliphatic rings. The molecule has 2 rings (SSSR count). The second-order valence-corrected chi connectivity index (χ2v) is 8.45. The Morgan fingerprint density at radius 1 is 0.933 bits per heavy atom. The number of benzene rings is 2. The molecule has 30 heavy (non-hydrogen) atoms. The monoisotopic (exact) mass is 415 g/mol. The molecule has 0 unspecified atom stereocenters. The highest BCUT2D eigenvalue weighted by Gasteiger charge is 2.28. The number of alkyl carbamates (subject to hydrolysis) is 1. The summed E-state index contributed by atoms with van der Waals surface area (Å²) in [5, 5.41) is 2.49. The van der Waals surface area contributed by atoms with Gasteiger partial charge >= 0.3 is 12.1 Å². The topological polar surface area (TPSA) is 64.6 Å². The maximum atomic E-state index is 13.4. The zero-order valence-corrected chi connectivity index (χ0v) is 18.4. The number of carbonyl (C=O) groups is 2.